The Balaban J connectivity index is 2.18. The van der Waals surface area contributed by atoms with Gasteiger partial charge in [0.25, 0.3) is 0 Å². The van der Waals surface area contributed by atoms with Gasteiger partial charge in [-0.25, -0.2) is 0 Å². The first-order chi connectivity index (χ1) is 9.18. The second kappa shape index (κ2) is 4.68. The van der Waals surface area contributed by atoms with Gasteiger partial charge in [0.05, 0.1) is 0 Å². The molecule has 0 amide bonds. The molecule has 1 aliphatic rings. The molecule has 0 spiro atoms. The molecule has 1 saturated carbocycles. The van der Waals surface area contributed by atoms with Crippen LogP contribution in [0.25, 0.3) is 10.9 Å². The maximum atomic E-state index is 6.13. The summed E-state index contributed by atoms with van der Waals surface area (Å²) >= 11 is 0. The quantitative estimate of drug-likeness (QED) is 0.854. The van der Waals surface area contributed by atoms with Crippen LogP contribution in [0.2, 0.25) is 0 Å². The molecular weight excluding hydrogens is 232 g/mol. The molecule has 3 N–H and O–H groups in total. The smallest absolute Gasteiger partial charge is 0.0492 e. The number of H-pyrrole nitrogens is 1. The summed E-state index contributed by atoms with van der Waals surface area (Å²) in [5, 5.41) is 1.39. The van der Waals surface area contributed by atoms with Crippen LogP contribution in [-0.4, -0.2) is 11.5 Å². The van der Waals surface area contributed by atoms with Crippen molar-refractivity contribution in [2.45, 2.75) is 50.9 Å². The molecule has 1 aromatic heterocycles. The molecule has 1 heterocycles. The average Bonchev–Trinajstić information content (AvgIpc) is 3.04. The van der Waals surface area contributed by atoms with Crippen LogP contribution < -0.4 is 5.73 Å². The number of fused-ring (bicyclic) bond motifs is 1. The van der Waals surface area contributed by atoms with Gasteiger partial charge in [0.15, 0.2) is 0 Å². The Morgan fingerprint density at radius 1 is 1.26 bits per heavy atom. The van der Waals surface area contributed by atoms with Crippen LogP contribution >= 0.6 is 0 Å². The van der Waals surface area contributed by atoms with Crippen molar-refractivity contribution in [3.63, 3.8) is 0 Å². The van der Waals surface area contributed by atoms with Gasteiger partial charge in [-0.05, 0) is 29.9 Å². The Hall–Kier alpha value is -1.28. The molecule has 1 fully saturated rings. The number of benzene rings is 1. The van der Waals surface area contributed by atoms with Gasteiger partial charge in [0, 0.05) is 29.1 Å². The van der Waals surface area contributed by atoms with Gasteiger partial charge in [-0.2, -0.15) is 0 Å². The van der Waals surface area contributed by atoms with Gasteiger partial charge in [0.2, 0.25) is 0 Å². The molecule has 1 aromatic carbocycles. The van der Waals surface area contributed by atoms with E-state index in [1.54, 1.807) is 0 Å². The predicted molar refractivity (Wildman–Crippen MR) is 81.6 cm³/mol. The van der Waals surface area contributed by atoms with E-state index >= 15 is 0 Å². The van der Waals surface area contributed by atoms with Crippen LogP contribution in [0.1, 0.15) is 56.6 Å². The number of nitrogens with two attached hydrogens (primary N) is 1. The van der Waals surface area contributed by atoms with E-state index in [4.69, 9.17) is 5.73 Å². The highest BCUT2D eigenvalue weighted by atomic mass is 14.7. The second-order valence-corrected chi connectivity index (χ2v) is 6.32. The van der Waals surface area contributed by atoms with Crippen molar-refractivity contribution in [3.05, 3.63) is 35.5 Å². The summed E-state index contributed by atoms with van der Waals surface area (Å²) in [7, 11) is 0. The average molecular weight is 256 g/mol. The number of nitrogens with one attached hydrogen (secondary N) is 1. The molecule has 1 aliphatic carbocycles. The lowest BCUT2D eigenvalue weighted by molar-refractivity contribution is 0.457. The molecule has 2 aromatic rings. The number of aromatic amines is 1. The summed E-state index contributed by atoms with van der Waals surface area (Å²) in [6, 6.07) is 6.67. The SMILES string of the molecule is CC(C)c1cccc2c(C3(CN)CCCC3)c[nH]c12. The maximum absolute atomic E-state index is 6.13. The minimum atomic E-state index is 0.216. The van der Waals surface area contributed by atoms with Crippen molar-refractivity contribution in [2.75, 3.05) is 6.54 Å². The zero-order valence-electron chi connectivity index (χ0n) is 12.0. The van der Waals surface area contributed by atoms with E-state index in [1.165, 1.54) is 47.7 Å². The fourth-order valence-electron chi connectivity index (χ4n) is 3.73. The lowest BCUT2D eigenvalue weighted by Gasteiger charge is -2.27. The van der Waals surface area contributed by atoms with E-state index in [-0.39, 0.29) is 5.41 Å². The highest BCUT2D eigenvalue weighted by molar-refractivity contribution is 5.87. The first-order valence-corrected chi connectivity index (χ1v) is 7.48. The molecule has 2 nitrogen and oxygen atoms in total. The summed E-state index contributed by atoms with van der Waals surface area (Å²) in [6.07, 6.45) is 7.32. The highest BCUT2D eigenvalue weighted by Gasteiger charge is 2.36. The zero-order chi connectivity index (χ0) is 13.5. The minimum Gasteiger partial charge on any atom is -0.361 e. The van der Waals surface area contributed by atoms with Crippen LogP contribution in [0, 0.1) is 0 Å². The third-order valence-electron chi connectivity index (χ3n) is 4.89. The van der Waals surface area contributed by atoms with Crippen LogP contribution in [0.3, 0.4) is 0 Å². The molecule has 2 heteroatoms. The topological polar surface area (TPSA) is 41.8 Å². The molecule has 0 saturated heterocycles. The first-order valence-electron chi connectivity index (χ1n) is 7.48. The van der Waals surface area contributed by atoms with E-state index < -0.39 is 0 Å². The van der Waals surface area contributed by atoms with E-state index in [1.807, 2.05) is 0 Å². The van der Waals surface area contributed by atoms with Crippen molar-refractivity contribution in [1.29, 1.82) is 0 Å². The maximum Gasteiger partial charge on any atom is 0.0492 e. The van der Waals surface area contributed by atoms with E-state index in [9.17, 15) is 0 Å². The summed E-state index contributed by atoms with van der Waals surface area (Å²) in [5.41, 5.74) is 10.5. The normalized spacial score (nSPS) is 18.5. The number of hydrogen-bond donors (Lipinski definition) is 2. The van der Waals surface area contributed by atoms with Crippen molar-refractivity contribution in [3.8, 4) is 0 Å². The number of hydrogen-bond acceptors (Lipinski definition) is 1. The Bertz CT molecular complexity index is 574. The van der Waals surface area contributed by atoms with E-state index in [0.717, 1.165) is 6.54 Å². The Labute approximate surface area is 115 Å². The zero-order valence-corrected chi connectivity index (χ0v) is 12.0. The largest absolute Gasteiger partial charge is 0.361 e. The Morgan fingerprint density at radius 3 is 2.63 bits per heavy atom. The molecule has 0 atom stereocenters. The van der Waals surface area contributed by atoms with Crippen molar-refractivity contribution >= 4 is 10.9 Å². The van der Waals surface area contributed by atoms with Crippen molar-refractivity contribution in [1.82, 2.24) is 4.98 Å². The second-order valence-electron chi connectivity index (χ2n) is 6.32. The molecule has 0 radical (unpaired) electrons. The van der Waals surface area contributed by atoms with Gasteiger partial charge < -0.3 is 10.7 Å². The van der Waals surface area contributed by atoms with Crippen LogP contribution in [0.5, 0.6) is 0 Å². The van der Waals surface area contributed by atoms with Crippen molar-refractivity contribution in [2.24, 2.45) is 5.73 Å². The lowest BCUT2D eigenvalue weighted by Crippen LogP contribution is -2.31. The number of rotatable bonds is 3. The standard InChI is InChI=1S/C17H24N2/c1-12(2)13-6-5-7-14-15(10-19-16(13)14)17(11-18)8-3-4-9-17/h5-7,10,12,19H,3-4,8-9,11,18H2,1-2H3. The monoisotopic (exact) mass is 256 g/mol. The third-order valence-corrected chi connectivity index (χ3v) is 4.89. The van der Waals surface area contributed by atoms with Gasteiger partial charge in [-0.15, -0.1) is 0 Å². The molecule has 19 heavy (non-hydrogen) atoms. The lowest BCUT2D eigenvalue weighted by atomic mass is 9.78. The summed E-state index contributed by atoms with van der Waals surface area (Å²) < 4.78 is 0. The van der Waals surface area contributed by atoms with E-state index in [2.05, 4.69) is 43.2 Å². The minimum absolute atomic E-state index is 0.216. The predicted octanol–water partition coefficient (Wildman–Crippen LogP) is 4.06. The Morgan fingerprint density at radius 2 is 2.00 bits per heavy atom. The van der Waals surface area contributed by atoms with Crippen LogP contribution in [-0.2, 0) is 5.41 Å². The van der Waals surface area contributed by atoms with Crippen LogP contribution in [0.4, 0.5) is 0 Å². The van der Waals surface area contributed by atoms with Crippen LogP contribution in [0.15, 0.2) is 24.4 Å². The molecule has 0 unspecified atom stereocenters. The fraction of sp³-hybridized carbons (Fsp3) is 0.529. The Kier molecular flexibility index (Phi) is 3.14. The number of para-hydroxylation sites is 1. The molecule has 0 aliphatic heterocycles. The van der Waals surface area contributed by atoms with Gasteiger partial charge in [-0.3, -0.25) is 0 Å². The van der Waals surface area contributed by atoms with E-state index in [0.29, 0.717) is 5.92 Å². The van der Waals surface area contributed by atoms with Gasteiger partial charge in [-0.1, -0.05) is 44.9 Å². The summed E-state index contributed by atoms with van der Waals surface area (Å²) in [5.74, 6) is 0.549. The molecular formula is C17H24N2. The molecule has 102 valence electrons. The summed E-state index contributed by atoms with van der Waals surface area (Å²) in [6.45, 7) is 5.28. The summed E-state index contributed by atoms with van der Waals surface area (Å²) in [4.78, 5) is 3.52. The fourth-order valence-corrected chi connectivity index (χ4v) is 3.73. The first kappa shape index (κ1) is 12.7. The highest BCUT2D eigenvalue weighted by Crippen LogP contribution is 2.43. The molecule has 3 rings (SSSR count). The van der Waals surface area contributed by atoms with Gasteiger partial charge in [0.1, 0.15) is 0 Å². The van der Waals surface area contributed by atoms with Crippen molar-refractivity contribution < 1.29 is 0 Å². The number of aromatic nitrogens is 1. The third kappa shape index (κ3) is 1.90. The van der Waals surface area contributed by atoms with Gasteiger partial charge >= 0.3 is 0 Å². The molecule has 0 bridgehead atoms.